The van der Waals surface area contributed by atoms with E-state index >= 15 is 0 Å². The number of halogens is 1. The first-order valence-corrected chi connectivity index (χ1v) is 7.10. The highest BCUT2D eigenvalue weighted by molar-refractivity contribution is 9.10. The van der Waals surface area contributed by atoms with E-state index < -0.39 is 5.97 Å². The number of carboxylic acids is 1. The minimum atomic E-state index is -1.01. The number of hydrogen-bond donors (Lipinski definition) is 2. The third-order valence-corrected chi connectivity index (χ3v) is 3.84. The topological polar surface area (TPSA) is 66.4 Å². The van der Waals surface area contributed by atoms with Crippen LogP contribution < -0.4 is 5.32 Å². The third kappa shape index (κ3) is 3.31. The summed E-state index contributed by atoms with van der Waals surface area (Å²) in [5.74, 6) is -1.30. The molecule has 1 amide bonds. The molecule has 4 nitrogen and oxygen atoms in total. The zero-order valence-corrected chi connectivity index (χ0v) is 13.2. The van der Waals surface area contributed by atoms with Crippen LogP contribution in [0.15, 0.2) is 40.9 Å². The molecule has 0 unspecified atom stereocenters. The summed E-state index contributed by atoms with van der Waals surface area (Å²) in [4.78, 5) is 23.4. The molecule has 0 aromatic heterocycles. The number of carboxylic acid groups (broad SMARTS) is 1. The molecule has 2 aromatic carbocycles. The molecule has 0 aliphatic carbocycles. The molecule has 0 heterocycles. The zero-order valence-electron chi connectivity index (χ0n) is 11.6. The van der Waals surface area contributed by atoms with E-state index in [0.29, 0.717) is 21.3 Å². The molecule has 0 aliphatic heterocycles. The summed E-state index contributed by atoms with van der Waals surface area (Å²) < 4.78 is 0.701. The monoisotopic (exact) mass is 347 g/mol. The number of nitrogens with one attached hydrogen (secondary N) is 1. The molecule has 0 fully saturated rings. The van der Waals surface area contributed by atoms with Crippen LogP contribution in [0.25, 0.3) is 0 Å². The number of rotatable bonds is 3. The number of benzene rings is 2. The predicted octanol–water partition coefficient (Wildman–Crippen LogP) is 4.02. The molecule has 2 aromatic rings. The van der Waals surface area contributed by atoms with Gasteiger partial charge in [0.05, 0.1) is 11.1 Å². The van der Waals surface area contributed by atoms with Crippen LogP contribution in [-0.2, 0) is 0 Å². The quantitative estimate of drug-likeness (QED) is 0.881. The van der Waals surface area contributed by atoms with Crippen molar-refractivity contribution >= 4 is 33.5 Å². The lowest BCUT2D eigenvalue weighted by molar-refractivity contribution is 0.0695. The fraction of sp³-hybridized carbons (Fsp3) is 0.125. The Bertz CT molecular complexity index is 725. The lowest BCUT2D eigenvalue weighted by Crippen LogP contribution is -2.14. The first kappa shape index (κ1) is 15.3. The van der Waals surface area contributed by atoms with E-state index in [1.54, 1.807) is 25.1 Å². The number of carbonyl (C=O) groups is 2. The highest BCUT2D eigenvalue weighted by atomic mass is 79.9. The van der Waals surface area contributed by atoms with Gasteiger partial charge in [0.25, 0.3) is 5.91 Å². The second kappa shape index (κ2) is 6.10. The number of aromatic carboxylic acids is 1. The highest BCUT2D eigenvalue weighted by Crippen LogP contribution is 2.23. The predicted molar refractivity (Wildman–Crippen MR) is 85.0 cm³/mol. The maximum Gasteiger partial charge on any atom is 0.336 e. The lowest BCUT2D eigenvalue weighted by atomic mass is 10.1. The Morgan fingerprint density at radius 3 is 2.43 bits per heavy atom. The fourth-order valence-electron chi connectivity index (χ4n) is 2.00. The van der Waals surface area contributed by atoms with Gasteiger partial charge in [-0.2, -0.15) is 0 Å². The Labute approximate surface area is 130 Å². The summed E-state index contributed by atoms with van der Waals surface area (Å²) in [7, 11) is 0. The summed E-state index contributed by atoms with van der Waals surface area (Å²) in [5, 5.41) is 11.8. The van der Waals surface area contributed by atoms with E-state index in [9.17, 15) is 9.59 Å². The van der Waals surface area contributed by atoms with Gasteiger partial charge < -0.3 is 10.4 Å². The molecular formula is C16H14BrNO3. The molecule has 0 aliphatic rings. The number of aryl methyl sites for hydroxylation is 1. The Morgan fingerprint density at radius 2 is 1.81 bits per heavy atom. The van der Waals surface area contributed by atoms with Crippen LogP contribution in [0.2, 0.25) is 0 Å². The fourth-order valence-corrected chi connectivity index (χ4v) is 2.67. The van der Waals surface area contributed by atoms with Crippen LogP contribution in [0.4, 0.5) is 5.69 Å². The largest absolute Gasteiger partial charge is 0.478 e. The number of hydrogen-bond acceptors (Lipinski definition) is 2. The minimum absolute atomic E-state index is 0.177. The molecule has 0 bridgehead atoms. The lowest BCUT2D eigenvalue weighted by Gasteiger charge is -2.11. The first-order chi connectivity index (χ1) is 9.90. The second-order valence-corrected chi connectivity index (χ2v) is 5.58. The van der Waals surface area contributed by atoms with E-state index in [-0.39, 0.29) is 11.5 Å². The van der Waals surface area contributed by atoms with Crippen LogP contribution in [0.3, 0.4) is 0 Å². The van der Waals surface area contributed by atoms with Gasteiger partial charge in [0, 0.05) is 10.2 Å². The zero-order chi connectivity index (χ0) is 15.6. The van der Waals surface area contributed by atoms with Gasteiger partial charge in [-0.1, -0.05) is 12.1 Å². The normalized spacial score (nSPS) is 10.2. The van der Waals surface area contributed by atoms with E-state index in [1.165, 1.54) is 6.07 Å². The summed E-state index contributed by atoms with van der Waals surface area (Å²) in [6, 6.07) is 10.2. The molecule has 2 N–H and O–H groups in total. The smallest absolute Gasteiger partial charge is 0.336 e. The minimum Gasteiger partial charge on any atom is -0.478 e. The average molecular weight is 348 g/mol. The standard InChI is InChI=1S/C16H14BrNO3/c1-9-6-7-12(13(17)8-9)15(19)18-14-5-3-4-11(10(14)2)16(20)21/h3-8H,1-2H3,(H,18,19)(H,20,21). The molecule has 0 radical (unpaired) electrons. The van der Waals surface area contributed by atoms with Crippen molar-refractivity contribution in [2.45, 2.75) is 13.8 Å². The Morgan fingerprint density at radius 1 is 1.10 bits per heavy atom. The second-order valence-electron chi connectivity index (χ2n) is 4.72. The van der Waals surface area contributed by atoms with Crippen molar-refractivity contribution in [2.75, 3.05) is 5.32 Å². The van der Waals surface area contributed by atoms with Crippen molar-refractivity contribution in [2.24, 2.45) is 0 Å². The van der Waals surface area contributed by atoms with E-state index in [4.69, 9.17) is 5.11 Å². The molecule has 0 atom stereocenters. The van der Waals surface area contributed by atoms with Crippen molar-refractivity contribution in [3.05, 3.63) is 63.1 Å². The Kier molecular flexibility index (Phi) is 4.43. The van der Waals surface area contributed by atoms with Gasteiger partial charge in [-0.15, -0.1) is 0 Å². The highest BCUT2D eigenvalue weighted by Gasteiger charge is 2.14. The van der Waals surface area contributed by atoms with Crippen LogP contribution >= 0.6 is 15.9 Å². The van der Waals surface area contributed by atoms with Crippen molar-refractivity contribution in [1.29, 1.82) is 0 Å². The number of anilines is 1. The average Bonchev–Trinajstić information content (AvgIpc) is 2.40. The molecule has 0 spiro atoms. The maximum atomic E-state index is 12.3. The molecular weight excluding hydrogens is 334 g/mol. The molecule has 108 valence electrons. The summed E-state index contributed by atoms with van der Waals surface area (Å²) >= 11 is 3.36. The Hall–Kier alpha value is -2.14. The van der Waals surface area contributed by atoms with Gasteiger partial charge in [0.1, 0.15) is 0 Å². The van der Waals surface area contributed by atoms with Gasteiger partial charge in [-0.05, 0) is 65.2 Å². The number of amides is 1. The molecule has 0 saturated heterocycles. The maximum absolute atomic E-state index is 12.3. The van der Waals surface area contributed by atoms with Crippen LogP contribution in [0, 0.1) is 13.8 Å². The van der Waals surface area contributed by atoms with Gasteiger partial charge in [0.15, 0.2) is 0 Å². The van der Waals surface area contributed by atoms with Crippen molar-refractivity contribution in [3.63, 3.8) is 0 Å². The van der Waals surface area contributed by atoms with E-state index in [2.05, 4.69) is 21.2 Å². The van der Waals surface area contributed by atoms with Crippen molar-refractivity contribution < 1.29 is 14.7 Å². The SMILES string of the molecule is Cc1ccc(C(=O)Nc2cccc(C(=O)O)c2C)c(Br)c1. The van der Waals surface area contributed by atoms with Gasteiger partial charge in [-0.3, -0.25) is 4.79 Å². The summed E-state index contributed by atoms with van der Waals surface area (Å²) in [5.41, 5.74) is 2.74. The summed E-state index contributed by atoms with van der Waals surface area (Å²) in [6.07, 6.45) is 0. The third-order valence-electron chi connectivity index (χ3n) is 3.18. The Balaban J connectivity index is 2.32. The summed E-state index contributed by atoms with van der Waals surface area (Å²) in [6.45, 7) is 3.61. The van der Waals surface area contributed by atoms with E-state index in [0.717, 1.165) is 5.56 Å². The van der Waals surface area contributed by atoms with Crippen LogP contribution in [0.5, 0.6) is 0 Å². The van der Waals surface area contributed by atoms with Crippen LogP contribution in [0.1, 0.15) is 31.8 Å². The molecule has 5 heteroatoms. The molecule has 21 heavy (non-hydrogen) atoms. The van der Waals surface area contributed by atoms with Crippen LogP contribution in [-0.4, -0.2) is 17.0 Å². The van der Waals surface area contributed by atoms with Gasteiger partial charge >= 0.3 is 5.97 Å². The van der Waals surface area contributed by atoms with Gasteiger partial charge in [-0.25, -0.2) is 4.79 Å². The van der Waals surface area contributed by atoms with Crippen molar-refractivity contribution in [3.8, 4) is 0 Å². The first-order valence-electron chi connectivity index (χ1n) is 6.30. The van der Waals surface area contributed by atoms with Gasteiger partial charge in [0.2, 0.25) is 0 Å². The molecule has 2 rings (SSSR count). The molecule has 0 saturated carbocycles. The van der Waals surface area contributed by atoms with Crippen molar-refractivity contribution in [1.82, 2.24) is 0 Å². The number of carbonyl (C=O) groups excluding carboxylic acids is 1. The van der Waals surface area contributed by atoms with E-state index in [1.807, 2.05) is 19.1 Å².